The van der Waals surface area contributed by atoms with Gasteiger partial charge in [-0.2, -0.15) is 0 Å². The normalized spacial score (nSPS) is 16.0. The van der Waals surface area contributed by atoms with Crippen LogP contribution in [0.1, 0.15) is 77.5 Å². The minimum atomic E-state index is -2.61. The van der Waals surface area contributed by atoms with Crippen LogP contribution in [0.2, 0.25) is 0 Å². The Kier molecular flexibility index (Phi) is 6.76. The molecule has 0 saturated carbocycles. The third-order valence-corrected chi connectivity index (χ3v) is 7.98. The molecular weight excluding hydrogens is 791 g/mol. The Hall–Kier alpha value is -4.44. The third kappa shape index (κ3) is 7.22. The first-order valence-electron chi connectivity index (χ1n) is 21.2. The van der Waals surface area contributed by atoms with Crippen LogP contribution in [0.4, 0.5) is 0 Å². The van der Waals surface area contributed by atoms with Crippen LogP contribution in [-0.2, 0) is 32.9 Å². The van der Waals surface area contributed by atoms with Crippen molar-refractivity contribution < 1.29 is 38.2 Å². The zero-order valence-electron chi connectivity index (χ0n) is 38.7. The van der Waals surface area contributed by atoms with Crippen molar-refractivity contribution in [3.63, 3.8) is 0 Å². The van der Waals surface area contributed by atoms with Crippen molar-refractivity contribution >= 4 is 43.6 Å². The Morgan fingerprint density at radius 3 is 2.18 bits per heavy atom. The molecule has 4 nitrogen and oxygen atoms in total. The van der Waals surface area contributed by atoms with Crippen molar-refractivity contribution in [2.24, 2.45) is 10.8 Å². The fraction of sp³-hybridized carbons (Fsp3) is 0.267. The van der Waals surface area contributed by atoms with Gasteiger partial charge in [0.1, 0.15) is 5.58 Å². The van der Waals surface area contributed by atoms with Gasteiger partial charge in [0.15, 0.2) is 0 Å². The maximum atomic E-state index is 8.77. The van der Waals surface area contributed by atoms with E-state index in [2.05, 4.69) is 22.1 Å². The van der Waals surface area contributed by atoms with Crippen molar-refractivity contribution in [3.8, 4) is 22.5 Å². The summed E-state index contributed by atoms with van der Waals surface area (Å²) in [5.74, 6) is 0. The molecule has 0 aliphatic carbocycles. The molecule has 0 unspecified atom stereocenters. The summed E-state index contributed by atoms with van der Waals surface area (Å²) in [5.41, 5.74) is 3.12. The average Bonchev–Trinajstić information content (AvgIpc) is 3.54. The zero-order chi connectivity index (χ0) is 43.1. The molecule has 0 fully saturated rings. The molecule has 4 heterocycles. The van der Waals surface area contributed by atoms with Crippen LogP contribution in [0.3, 0.4) is 0 Å². The van der Waals surface area contributed by atoms with Crippen LogP contribution in [0.15, 0.2) is 95.8 Å². The number of benzene rings is 4. The summed E-state index contributed by atoms with van der Waals surface area (Å²) < 4.78 is 87.6. The molecule has 4 aromatic carbocycles. The van der Waals surface area contributed by atoms with Gasteiger partial charge in [0.2, 0.25) is 0 Å². The summed E-state index contributed by atoms with van der Waals surface area (Å²) >= 11 is 0. The summed E-state index contributed by atoms with van der Waals surface area (Å²) in [4.78, 5) is 13.5. The summed E-state index contributed by atoms with van der Waals surface area (Å²) in [6, 6.07) is 28.3. The van der Waals surface area contributed by atoms with Crippen molar-refractivity contribution in [1.82, 2.24) is 15.0 Å². The largest absolute Gasteiger partial charge is 0.500 e. The Balaban J connectivity index is 0.000000204. The standard InChI is InChI=1S/C24H15N2O.C21H28N.Ir/c1-13-9-19(25-11-14(13)2)17-7-8-20-22-18(17)12-26-24-16-6-4-3-5-15(16)10-21(27-20)23(22)24;1-20(2,3)13-17-12-19(16-10-8-7-9-11-16)22-15-18(17)14-21(4,5)6;/h3-6,8-12H,1-2H3;7-10,12,15H,13-14H2,1-6H3;/q2*-1;/i1D3,2D3;13D2,14D2;. The maximum Gasteiger partial charge on any atom is 0.123 e. The van der Waals surface area contributed by atoms with Crippen LogP contribution in [-0.4, -0.2) is 15.0 Å². The summed E-state index contributed by atoms with van der Waals surface area (Å²) in [7, 11) is 0. The van der Waals surface area contributed by atoms with E-state index >= 15 is 0 Å². The van der Waals surface area contributed by atoms with Crippen LogP contribution in [0.5, 0.6) is 0 Å². The van der Waals surface area contributed by atoms with E-state index in [0.717, 1.165) is 38.8 Å². The van der Waals surface area contributed by atoms with E-state index in [1.54, 1.807) is 24.4 Å². The molecule has 255 valence electrons. The first-order valence-corrected chi connectivity index (χ1v) is 16.2. The Morgan fingerprint density at radius 1 is 0.700 bits per heavy atom. The van der Waals surface area contributed by atoms with Gasteiger partial charge in [0.25, 0.3) is 0 Å². The van der Waals surface area contributed by atoms with Gasteiger partial charge >= 0.3 is 0 Å². The number of aromatic nitrogens is 3. The molecule has 0 atom stereocenters. The molecular formula is C45H43IrN3O-2. The van der Waals surface area contributed by atoms with Gasteiger partial charge in [-0.1, -0.05) is 88.9 Å². The maximum absolute atomic E-state index is 8.77. The van der Waals surface area contributed by atoms with Crippen LogP contribution in [0.25, 0.3) is 66.1 Å². The SMILES string of the molecule is [2H]C([2H])([2H])c1cnc(-c2[c-]cc3oc4cc5ccccc5c5ncc2c3c45)cc1C([2H])([2H])[2H].[2H]C([2H])(c1cnc(-c2[c-]cccc2)cc1C([2H])([2H])C(C)(C)C)C(C)(C)C.[Ir]. The van der Waals surface area contributed by atoms with E-state index < -0.39 is 37.3 Å². The molecule has 5 heteroatoms. The van der Waals surface area contributed by atoms with E-state index in [0.29, 0.717) is 44.6 Å². The third-order valence-electron chi connectivity index (χ3n) is 7.98. The molecule has 0 saturated heterocycles. The zero-order valence-corrected chi connectivity index (χ0v) is 31.1. The number of rotatable bonds is 4. The number of nitrogens with zero attached hydrogens (tertiary/aromatic N) is 3. The number of fused-ring (bicyclic) bond motifs is 2. The van der Waals surface area contributed by atoms with Gasteiger partial charge in [0.05, 0.1) is 11.1 Å². The van der Waals surface area contributed by atoms with Gasteiger partial charge in [-0.15, -0.1) is 53.6 Å². The number of hydrogen-bond acceptors (Lipinski definition) is 4. The number of aryl methyl sites for hydroxylation is 2. The number of pyridine rings is 3. The van der Waals surface area contributed by atoms with Gasteiger partial charge < -0.3 is 14.4 Å². The van der Waals surface area contributed by atoms with Crippen LogP contribution >= 0.6 is 0 Å². The van der Waals surface area contributed by atoms with Gasteiger partial charge in [-0.05, 0) is 88.4 Å². The second-order valence-electron chi connectivity index (χ2n) is 14.3. The second kappa shape index (κ2) is 13.7. The molecule has 8 aromatic rings. The van der Waals surface area contributed by atoms with E-state index in [9.17, 15) is 0 Å². The summed E-state index contributed by atoms with van der Waals surface area (Å²) in [5, 5.41) is 4.47. The van der Waals surface area contributed by atoms with Crippen LogP contribution < -0.4 is 0 Å². The fourth-order valence-corrected chi connectivity index (χ4v) is 5.99. The van der Waals surface area contributed by atoms with E-state index in [-0.39, 0.29) is 31.2 Å². The van der Waals surface area contributed by atoms with E-state index in [4.69, 9.17) is 23.1 Å². The Labute approximate surface area is 323 Å². The van der Waals surface area contributed by atoms with Crippen molar-refractivity contribution in [1.29, 1.82) is 0 Å². The minimum absolute atomic E-state index is 0. The summed E-state index contributed by atoms with van der Waals surface area (Å²) in [6.07, 6.45) is 0.883. The van der Waals surface area contributed by atoms with Gasteiger partial charge in [0, 0.05) is 57.0 Å². The molecule has 0 aliphatic rings. The topological polar surface area (TPSA) is 51.8 Å². The predicted octanol–water partition coefficient (Wildman–Crippen LogP) is 11.9. The monoisotopic (exact) mass is 844 g/mol. The molecule has 8 rings (SSSR count). The molecule has 0 bridgehead atoms. The minimum Gasteiger partial charge on any atom is -0.500 e. The smallest absolute Gasteiger partial charge is 0.123 e. The van der Waals surface area contributed by atoms with Crippen molar-refractivity contribution in [3.05, 3.63) is 126 Å². The van der Waals surface area contributed by atoms with Crippen molar-refractivity contribution in [2.45, 2.75) is 68.0 Å². The van der Waals surface area contributed by atoms with Crippen molar-refractivity contribution in [2.75, 3.05) is 0 Å². The number of furan rings is 1. The van der Waals surface area contributed by atoms with Gasteiger partial charge in [-0.3, -0.25) is 4.98 Å². The van der Waals surface area contributed by atoms with E-state index in [1.165, 1.54) is 12.3 Å². The average molecular weight is 844 g/mol. The molecule has 50 heavy (non-hydrogen) atoms. The fourth-order valence-electron chi connectivity index (χ4n) is 5.99. The molecule has 0 aliphatic heterocycles. The quantitative estimate of drug-likeness (QED) is 0.131. The summed E-state index contributed by atoms with van der Waals surface area (Å²) in [6.45, 7) is 5.77. The first kappa shape index (κ1) is 24.7. The van der Waals surface area contributed by atoms with Crippen LogP contribution in [0, 0.1) is 36.7 Å². The molecule has 0 N–H and O–H groups in total. The molecule has 0 spiro atoms. The first-order chi connectivity index (χ1) is 27.3. The molecule has 0 amide bonds. The molecule has 1 radical (unpaired) electrons. The number of hydrogen-bond donors (Lipinski definition) is 0. The Morgan fingerprint density at radius 2 is 1.44 bits per heavy atom. The Bertz CT molecular complexity index is 2840. The van der Waals surface area contributed by atoms with E-state index in [1.807, 2.05) is 90.1 Å². The molecule has 4 aromatic heterocycles. The van der Waals surface area contributed by atoms with Gasteiger partial charge in [-0.25, -0.2) is 0 Å². The predicted molar refractivity (Wildman–Crippen MR) is 204 cm³/mol. The second-order valence-corrected chi connectivity index (χ2v) is 14.3.